The van der Waals surface area contributed by atoms with Crippen molar-refractivity contribution in [3.8, 4) is 0 Å². The van der Waals surface area contributed by atoms with Gasteiger partial charge in [-0.3, -0.25) is 4.79 Å². The largest absolute Gasteiger partial charge is 0.339 e. The molecule has 118 valence electrons. The summed E-state index contributed by atoms with van der Waals surface area (Å²) in [6, 6.07) is 0. The molecule has 0 aromatic heterocycles. The van der Waals surface area contributed by atoms with Crippen LogP contribution >= 0.6 is 0 Å². The average Bonchev–Trinajstić information content (AvgIpc) is 2.81. The molecule has 1 heterocycles. The Morgan fingerprint density at radius 2 is 1.62 bits per heavy atom. The van der Waals surface area contributed by atoms with E-state index >= 15 is 0 Å². The zero-order valence-electron chi connectivity index (χ0n) is 14.2. The van der Waals surface area contributed by atoms with Crippen molar-refractivity contribution in [2.75, 3.05) is 13.1 Å². The molecule has 1 amide bonds. The van der Waals surface area contributed by atoms with Gasteiger partial charge in [-0.25, -0.2) is 0 Å². The molecule has 1 aliphatic heterocycles. The number of allylic oxidation sites excluding steroid dienone is 5. The first kappa shape index (κ1) is 17.7. The number of likely N-dealkylation sites (tertiary alicyclic amines) is 1. The summed E-state index contributed by atoms with van der Waals surface area (Å²) in [6.45, 7) is 10.4. The molecule has 0 radical (unpaired) electrons. The normalized spacial score (nSPS) is 16.6. The predicted molar refractivity (Wildman–Crippen MR) is 91.2 cm³/mol. The van der Waals surface area contributed by atoms with E-state index in [1.54, 1.807) is 0 Å². The van der Waals surface area contributed by atoms with Crippen LogP contribution < -0.4 is 0 Å². The Morgan fingerprint density at radius 3 is 2.19 bits per heavy atom. The summed E-state index contributed by atoms with van der Waals surface area (Å²) in [7, 11) is 0. The lowest BCUT2D eigenvalue weighted by Gasteiger charge is -2.13. The van der Waals surface area contributed by atoms with Crippen LogP contribution in [0.25, 0.3) is 0 Å². The average molecular weight is 289 g/mol. The van der Waals surface area contributed by atoms with Crippen molar-refractivity contribution >= 4 is 5.91 Å². The minimum absolute atomic E-state index is 0.314. The highest BCUT2D eigenvalue weighted by atomic mass is 16.2. The van der Waals surface area contributed by atoms with Crippen LogP contribution in [-0.2, 0) is 4.79 Å². The van der Waals surface area contributed by atoms with Gasteiger partial charge in [0.2, 0.25) is 5.91 Å². The van der Waals surface area contributed by atoms with Crippen molar-refractivity contribution < 1.29 is 4.79 Å². The third-order valence-electron chi connectivity index (χ3n) is 3.95. The summed E-state index contributed by atoms with van der Waals surface area (Å²) in [5, 5.41) is 0. The third kappa shape index (κ3) is 7.89. The molecule has 0 saturated carbocycles. The summed E-state index contributed by atoms with van der Waals surface area (Å²) in [6.07, 6.45) is 13.2. The highest BCUT2D eigenvalue weighted by molar-refractivity contribution is 5.78. The van der Waals surface area contributed by atoms with Crippen LogP contribution in [0.1, 0.15) is 66.2 Å². The predicted octanol–water partition coefficient (Wildman–Crippen LogP) is 5.03. The van der Waals surface area contributed by atoms with Gasteiger partial charge < -0.3 is 4.90 Å². The van der Waals surface area contributed by atoms with Crippen LogP contribution in [0.3, 0.4) is 0 Å². The van der Waals surface area contributed by atoms with Gasteiger partial charge in [-0.15, -0.1) is 0 Å². The van der Waals surface area contributed by atoms with Crippen molar-refractivity contribution in [1.82, 2.24) is 4.90 Å². The Hall–Kier alpha value is -1.31. The molecule has 0 atom stereocenters. The molecular weight excluding hydrogens is 258 g/mol. The molecular formula is C19H31NO. The van der Waals surface area contributed by atoms with Crippen molar-refractivity contribution in [3.05, 3.63) is 34.9 Å². The number of hydrogen-bond acceptors (Lipinski definition) is 1. The van der Waals surface area contributed by atoms with Gasteiger partial charge in [0.25, 0.3) is 0 Å². The zero-order chi connectivity index (χ0) is 15.7. The van der Waals surface area contributed by atoms with Gasteiger partial charge in [-0.1, -0.05) is 34.9 Å². The van der Waals surface area contributed by atoms with Crippen molar-refractivity contribution in [3.63, 3.8) is 0 Å². The maximum atomic E-state index is 11.5. The first-order chi connectivity index (χ1) is 9.99. The van der Waals surface area contributed by atoms with E-state index in [-0.39, 0.29) is 0 Å². The first-order valence-corrected chi connectivity index (χ1v) is 8.21. The van der Waals surface area contributed by atoms with E-state index in [0.29, 0.717) is 5.91 Å². The molecule has 2 nitrogen and oxygen atoms in total. The maximum Gasteiger partial charge on any atom is 0.222 e. The molecule has 0 aliphatic carbocycles. The topological polar surface area (TPSA) is 20.3 Å². The number of nitrogens with zero attached hydrogens (tertiary/aromatic N) is 1. The zero-order valence-corrected chi connectivity index (χ0v) is 14.2. The molecule has 0 aromatic carbocycles. The minimum Gasteiger partial charge on any atom is -0.339 e. The van der Waals surface area contributed by atoms with E-state index in [0.717, 1.165) is 51.6 Å². The minimum atomic E-state index is 0.314. The molecule has 0 spiro atoms. The van der Waals surface area contributed by atoms with Gasteiger partial charge in [0.1, 0.15) is 0 Å². The second-order valence-corrected chi connectivity index (χ2v) is 6.40. The van der Waals surface area contributed by atoms with Crippen LogP contribution in [0.5, 0.6) is 0 Å². The first-order valence-electron chi connectivity index (χ1n) is 8.21. The van der Waals surface area contributed by atoms with Crippen LogP contribution in [0.15, 0.2) is 34.9 Å². The molecule has 0 aromatic rings. The number of amides is 1. The van der Waals surface area contributed by atoms with Crippen molar-refractivity contribution in [2.24, 2.45) is 0 Å². The molecule has 0 bridgehead atoms. The third-order valence-corrected chi connectivity index (χ3v) is 3.95. The fraction of sp³-hybridized carbons (Fsp3) is 0.632. The lowest BCUT2D eigenvalue weighted by Crippen LogP contribution is -2.24. The van der Waals surface area contributed by atoms with Gasteiger partial charge in [0, 0.05) is 19.5 Å². The Labute approximate surface area is 130 Å². The highest BCUT2D eigenvalue weighted by Gasteiger charge is 2.18. The van der Waals surface area contributed by atoms with Gasteiger partial charge in [0.15, 0.2) is 0 Å². The quantitative estimate of drug-likeness (QED) is 0.574. The van der Waals surface area contributed by atoms with E-state index < -0.39 is 0 Å². The van der Waals surface area contributed by atoms with Crippen molar-refractivity contribution in [1.29, 1.82) is 0 Å². The van der Waals surface area contributed by atoms with Crippen LogP contribution in [0.4, 0.5) is 0 Å². The lowest BCUT2D eigenvalue weighted by atomic mass is 10.1. The van der Waals surface area contributed by atoms with Crippen molar-refractivity contribution in [2.45, 2.75) is 66.2 Å². The fourth-order valence-corrected chi connectivity index (χ4v) is 2.50. The monoisotopic (exact) mass is 289 g/mol. The summed E-state index contributed by atoms with van der Waals surface area (Å²) in [4.78, 5) is 13.5. The maximum absolute atomic E-state index is 11.5. The molecule has 0 N–H and O–H groups in total. The summed E-state index contributed by atoms with van der Waals surface area (Å²) in [5.74, 6) is 0.314. The molecule has 0 unspecified atom stereocenters. The van der Waals surface area contributed by atoms with Crippen LogP contribution in [0.2, 0.25) is 0 Å². The number of carbonyl (C=O) groups excluding carboxylic acids is 1. The number of rotatable bonds is 8. The Bertz CT molecular complexity index is 425. The summed E-state index contributed by atoms with van der Waals surface area (Å²) < 4.78 is 0. The van der Waals surface area contributed by atoms with Gasteiger partial charge in [0.05, 0.1) is 0 Å². The molecule has 1 rings (SSSR count). The summed E-state index contributed by atoms with van der Waals surface area (Å²) >= 11 is 0. The highest BCUT2D eigenvalue weighted by Crippen LogP contribution is 2.13. The Morgan fingerprint density at radius 1 is 1.00 bits per heavy atom. The lowest BCUT2D eigenvalue weighted by molar-refractivity contribution is -0.127. The number of carbonyl (C=O) groups is 1. The van der Waals surface area contributed by atoms with Gasteiger partial charge in [-0.05, 0) is 59.8 Å². The van der Waals surface area contributed by atoms with E-state index in [4.69, 9.17) is 0 Å². The van der Waals surface area contributed by atoms with E-state index in [1.165, 1.54) is 16.7 Å². The van der Waals surface area contributed by atoms with Gasteiger partial charge >= 0.3 is 0 Å². The fourth-order valence-electron chi connectivity index (χ4n) is 2.50. The molecule has 1 fully saturated rings. The Kier molecular flexibility index (Phi) is 8.11. The molecule has 1 aliphatic rings. The Balaban J connectivity index is 2.23. The SMILES string of the molecule is CC(C)=CCC/C(C)=C\CC/C(C)=C\CN1CCCC1=O. The number of hydrogen-bond donors (Lipinski definition) is 0. The van der Waals surface area contributed by atoms with Gasteiger partial charge in [-0.2, -0.15) is 0 Å². The van der Waals surface area contributed by atoms with E-state index in [1.807, 2.05) is 4.90 Å². The molecule has 1 saturated heterocycles. The smallest absolute Gasteiger partial charge is 0.222 e. The van der Waals surface area contributed by atoms with Crippen LogP contribution in [0, 0.1) is 0 Å². The van der Waals surface area contributed by atoms with Crippen LogP contribution in [-0.4, -0.2) is 23.9 Å². The summed E-state index contributed by atoms with van der Waals surface area (Å²) in [5.41, 5.74) is 4.27. The molecule has 21 heavy (non-hydrogen) atoms. The second-order valence-electron chi connectivity index (χ2n) is 6.40. The van der Waals surface area contributed by atoms with E-state index in [9.17, 15) is 4.79 Å². The molecule has 2 heteroatoms. The standard InChI is InChI=1S/C19H31NO/c1-16(2)8-5-9-17(3)10-6-11-18(4)13-15-20-14-7-12-19(20)21/h8,10,13H,5-7,9,11-12,14-15H2,1-4H3/b17-10-,18-13-. The second kappa shape index (κ2) is 9.59. The van der Waals surface area contributed by atoms with E-state index in [2.05, 4.69) is 45.9 Å².